The van der Waals surface area contributed by atoms with Crippen molar-refractivity contribution in [1.29, 1.82) is 0 Å². The number of carbonyl (C=O) groups is 2. The summed E-state index contributed by atoms with van der Waals surface area (Å²) in [4.78, 5) is 23.0. The van der Waals surface area contributed by atoms with Crippen LogP contribution in [-0.4, -0.2) is 25.3 Å². The molecule has 1 aromatic carbocycles. The molecule has 0 saturated carbocycles. The molecule has 5 nitrogen and oxygen atoms in total. The molecule has 19 heavy (non-hydrogen) atoms. The van der Waals surface area contributed by atoms with Gasteiger partial charge in [-0.3, -0.25) is 9.59 Å². The molecule has 1 unspecified atom stereocenters. The summed E-state index contributed by atoms with van der Waals surface area (Å²) < 4.78 is 24.7. The van der Waals surface area contributed by atoms with Crippen molar-refractivity contribution >= 4 is 38.5 Å². The Hall–Kier alpha value is -1.40. The fourth-order valence-corrected chi connectivity index (χ4v) is 4.07. The van der Waals surface area contributed by atoms with Gasteiger partial charge in [-0.05, 0) is 42.3 Å². The van der Waals surface area contributed by atoms with E-state index in [9.17, 15) is 18.0 Å². The first kappa shape index (κ1) is 14.0. The highest BCUT2D eigenvalue weighted by Crippen LogP contribution is 2.31. The minimum Gasteiger partial charge on any atom is -0.276 e. The van der Waals surface area contributed by atoms with Crippen LogP contribution in [0.5, 0.6) is 0 Å². The minimum absolute atomic E-state index is 0.193. The Morgan fingerprint density at radius 2 is 2.05 bits per heavy atom. The number of rotatable bonds is 2. The lowest BCUT2D eigenvalue weighted by Gasteiger charge is -2.18. The van der Waals surface area contributed by atoms with Gasteiger partial charge < -0.3 is 0 Å². The number of sulfonamides is 1. The number of aryl methyl sites for hydroxylation is 1. The van der Waals surface area contributed by atoms with Crippen LogP contribution in [0.25, 0.3) is 0 Å². The topological polar surface area (TPSA) is 71.5 Å². The van der Waals surface area contributed by atoms with Crippen LogP contribution < -0.4 is 4.31 Å². The molecule has 0 bridgehead atoms. The number of benzene rings is 1. The van der Waals surface area contributed by atoms with E-state index in [1.54, 1.807) is 13.8 Å². The van der Waals surface area contributed by atoms with E-state index in [4.69, 9.17) is 11.6 Å². The number of nitrogens with zero attached hydrogens (tertiary/aromatic N) is 1. The van der Waals surface area contributed by atoms with Gasteiger partial charge in [-0.2, -0.15) is 0 Å². The monoisotopic (exact) mass is 301 g/mol. The van der Waals surface area contributed by atoms with Gasteiger partial charge in [-0.1, -0.05) is 6.92 Å². The normalized spacial score (nSPS) is 21.7. The van der Waals surface area contributed by atoms with Crippen LogP contribution in [0.1, 0.15) is 22.8 Å². The van der Waals surface area contributed by atoms with Crippen molar-refractivity contribution < 1.29 is 18.0 Å². The van der Waals surface area contributed by atoms with Crippen LogP contribution in [0.15, 0.2) is 18.2 Å². The van der Waals surface area contributed by atoms with Crippen molar-refractivity contribution in [2.75, 3.05) is 10.1 Å². The molecule has 1 saturated heterocycles. The quantitative estimate of drug-likeness (QED) is 0.779. The van der Waals surface area contributed by atoms with Gasteiger partial charge in [-0.25, -0.2) is 12.7 Å². The van der Waals surface area contributed by atoms with Crippen molar-refractivity contribution in [3.05, 3.63) is 29.3 Å². The zero-order valence-electron chi connectivity index (χ0n) is 10.4. The van der Waals surface area contributed by atoms with Crippen molar-refractivity contribution in [2.45, 2.75) is 13.8 Å². The molecule has 1 amide bonds. The van der Waals surface area contributed by atoms with E-state index in [0.717, 1.165) is 4.31 Å². The third-order valence-corrected chi connectivity index (χ3v) is 5.08. The van der Waals surface area contributed by atoms with Gasteiger partial charge in [0.15, 0.2) is 0 Å². The lowest BCUT2D eigenvalue weighted by molar-refractivity contribution is -0.119. The van der Waals surface area contributed by atoms with Gasteiger partial charge in [0.1, 0.15) is 0 Å². The van der Waals surface area contributed by atoms with Gasteiger partial charge in [-0.15, -0.1) is 0 Å². The maximum absolute atomic E-state index is 12.0. The SMILES string of the molecule is Cc1cc(C(=O)Cl)ccc1N1C(=O)C(C)CS1(=O)=O. The Labute approximate surface area is 116 Å². The molecule has 0 aromatic heterocycles. The molecule has 1 atom stereocenters. The first-order chi connectivity index (χ1) is 8.74. The maximum Gasteiger partial charge on any atom is 0.252 e. The molecule has 102 valence electrons. The summed E-state index contributed by atoms with van der Waals surface area (Å²) in [6.07, 6.45) is 0. The molecule has 1 fully saturated rings. The van der Waals surface area contributed by atoms with E-state index in [2.05, 4.69) is 0 Å². The molecule has 1 aliphatic heterocycles. The summed E-state index contributed by atoms with van der Waals surface area (Å²) in [6.45, 7) is 3.20. The van der Waals surface area contributed by atoms with Crippen molar-refractivity contribution in [1.82, 2.24) is 0 Å². The van der Waals surface area contributed by atoms with Crippen LogP contribution >= 0.6 is 11.6 Å². The number of amides is 1. The standard InChI is InChI=1S/C12H12ClNO4S/c1-7-5-9(11(13)15)3-4-10(7)14-12(16)8(2)6-19(14,17)18/h3-5,8H,6H2,1-2H3. The van der Waals surface area contributed by atoms with E-state index in [0.29, 0.717) is 5.56 Å². The molecule has 0 aliphatic carbocycles. The van der Waals surface area contributed by atoms with Gasteiger partial charge in [0.05, 0.1) is 17.4 Å². The average Bonchev–Trinajstić information content (AvgIpc) is 2.49. The van der Waals surface area contributed by atoms with Gasteiger partial charge in [0.25, 0.3) is 5.24 Å². The molecule has 1 aromatic rings. The van der Waals surface area contributed by atoms with E-state index >= 15 is 0 Å². The molecular weight excluding hydrogens is 290 g/mol. The second kappa shape index (κ2) is 4.61. The maximum atomic E-state index is 12.0. The summed E-state index contributed by atoms with van der Waals surface area (Å²) in [7, 11) is -3.63. The van der Waals surface area contributed by atoms with Crippen molar-refractivity contribution in [3.63, 3.8) is 0 Å². The van der Waals surface area contributed by atoms with E-state index in [1.165, 1.54) is 18.2 Å². The number of carbonyl (C=O) groups excluding carboxylic acids is 2. The Bertz CT molecular complexity index is 668. The highest BCUT2D eigenvalue weighted by Gasteiger charge is 2.42. The molecule has 2 rings (SSSR count). The lowest BCUT2D eigenvalue weighted by Crippen LogP contribution is -2.30. The predicted octanol–water partition coefficient (Wildman–Crippen LogP) is 1.69. The van der Waals surface area contributed by atoms with Crippen molar-refractivity contribution in [3.8, 4) is 0 Å². The van der Waals surface area contributed by atoms with Crippen molar-refractivity contribution in [2.24, 2.45) is 5.92 Å². The largest absolute Gasteiger partial charge is 0.276 e. The zero-order valence-corrected chi connectivity index (χ0v) is 12.0. The van der Waals surface area contributed by atoms with Crippen LogP contribution in [0.3, 0.4) is 0 Å². The second-order valence-corrected chi connectivity index (χ2v) is 6.76. The number of anilines is 1. The molecule has 1 aliphatic rings. The average molecular weight is 302 g/mol. The Morgan fingerprint density at radius 1 is 1.42 bits per heavy atom. The van der Waals surface area contributed by atoms with E-state index in [1.807, 2.05) is 0 Å². The minimum atomic E-state index is -3.63. The molecule has 0 spiro atoms. The van der Waals surface area contributed by atoms with Crippen LogP contribution in [0, 0.1) is 12.8 Å². The predicted molar refractivity (Wildman–Crippen MR) is 71.8 cm³/mol. The Kier molecular flexibility index (Phi) is 3.40. The fourth-order valence-electron chi connectivity index (χ4n) is 2.07. The summed E-state index contributed by atoms with van der Waals surface area (Å²) in [5.74, 6) is -1.20. The molecule has 0 radical (unpaired) electrons. The first-order valence-electron chi connectivity index (χ1n) is 5.61. The molecule has 0 N–H and O–H groups in total. The molecule has 7 heteroatoms. The van der Waals surface area contributed by atoms with Gasteiger partial charge in [0.2, 0.25) is 15.9 Å². The molecule has 1 heterocycles. The fraction of sp³-hybridized carbons (Fsp3) is 0.333. The summed E-state index contributed by atoms with van der Waals surface area (Å²) in [5.41, 5.74) is 1.05. The highest BCUT2D eigenvalue weighted by molar-refractivity contribution is 7.94. The molecular formula is C12H12ClNO4S. The van der Waals surface area contributed by atoms with Crippen LogP contribution in [-0.2, 0) is 14.8 Å². The number of hydrogen-bond acceptors (Lipinski definition) is 4. The van der Waals surface area contributed by atoms with Crippen LogP contribution in [0.4, 0.5) is 5.69 Å². The second-order valence-electron chi connectivity index (χ2n) is 4.56. The third-order valence-electron chi connectivity index (χ3n) is 3.00. The smallest absolute Gasteiger partial charge is 0.252 e. The first-order valence-corrected chi connectivity index (χ1v) is 7.60. The Morgan fingerprint density at radius 3 is 2.47 bits per heavy atom. The third kappa shape index (κ3) is 2.37. The summed E-state index contributed by atoms with van der Waals surface area (Å²) in [6, 6.07) is 4.30. The van der Waals surface area contributed by atoms with E-state index in [-0.39, 0.29) is 17.0 Å². The van der Waals surface area contributed by atoms with E-state index < -0.39 is 27.1 Å². The lowest BCUT2D eigenvalue weighted by atomic mass is 10.1. The number of hydrogen-bond donors (Lipinski definition) is 0. The van der Waals surface area contributed by atoms with Gasteiger partial charge >= 0.3 is 0 Å². The summed E-state index contributed by atoms with van der Waals surface area (Å²) >= 11 is 5.36. The van der Waals surface area contributed by atoms with Gasteiger partial charge in [0, 0.05) is 5.56 Å². The zero-order chi connectivity index (χ0) is 14.4. The Balaban J connectivity index is 2.54. The van der Waals surface area contributed by atoms with Crippen LogP contribution in [0.2, 0.25) is 0 Å². The highest BCUT2D eigenvalue weighted by atomic mass is 35.5. The summed E-state index contributed by atoms with van der Waals surface area (Å²) in [5, 5.41) is -0.626. The number of halogens is 1.